The van der Waals surface area contributed by atoms with E-state index in [2.05, 4.69) is 38.8 Å². The van der Waals surface area contributed by atoms with Gasteiger partial charge in [0.05, 0.1) is 4.90 Å². The molecule has 48 heavy (non-hydrogen) atoms. The van der Waals surface area contributed by atoms with Gasteiger partial charge in [0, 0.05) is 32.6 Å². The number of carbonyl (C=O) groups excluding carboxylic acids is 1. The van der Waals surface area contributed by atoms with Gasteiger partial charge < -0.3 is 14.3 Å². The number of rotatable bonds is 10. The van der Waals surface area contributed by atoms with Crippen LogP contribution in [0, 0.1) is 0 Å². The lowest BCUT2D eigenvalue weighted by Crippen LogP contribution is -2.43. The van der Waals surface area contributed by atoms with Gasteiger partial charge in [-0.2, -0.15) is 13.2 Å². The number of sulfone groups is 1. The molecule has 0 radical (unpaired) electrons. The summed E-state index contributed by atoms with van der Waals surface area (Å²) in [4.78, 5) is 14.1. The fourth-order valence-corrected chi connectivity index (χ4v) is 8.67. The van der Waals surface area contributed by atoms with E-state index in [-0.39, 0.29) is 20.7 Å². The lowest BCUT2D eigenvalue weighted by molar-refractivity contribution is -0.0436. The maximum Gasteiger partial charge on any atom is 0.501 e. The molecule has 1 N–H and O–H groups in total. The highest BCUT2D eigenvalue weighted by atomic mass is 32.2. The maximum atomic E-state index is 13.5. The fraction of sp³-hybridized carbons (Fsp3) is 0.400. The fourth-order valence-electron chi connectivity index (χ4n) is 5.47. The number of ether oxygens (including phenoxy) is 1. The Kier molecular flexibility index (Phi) is 10.1. The maximum absolute atomic E-state index is 13.5. The highest BCUT2D eigenvalue weighted by Gasteiger charge is 2.47. The molecule has 4 aromatic rings. The van der Waals surface area contributed by atoms with Crippen molar-refractivity contribution in [1.82, 2.24) is 4.90 Å². The number of benzene rings is 3. The summed E-state index contributed by atoms with van der Waals surface area (Å²) in [6.45, 7) is 13.8. The number of alkyl halides is 3. The molecular weight excluding hydrogens is 680 g/mol. The molecule has 0 saturated carbocycles. The molecule has 0 bridgehead atoms. The lowest BCUT2D eigenvalue weighted by Gasteiger charge is -2.36. The van der Waals surface area contributed by atoms with Gasteiger partial charge in [0.1, 0.15) is 23.9 Å². The highest BCUT2D eigenvalue weighted by Crippen LogP contribution is 2.51. The van der Waals surface area contributed by atoms with Crippen LogP contribution in [0.15, 0.2) is 59.5 Å². The predicted octanol–water partition coefficient (Wildman–Crippen LogP) is 9.30. The van der Waals surface area contributed by atoms with Crippen LogP contribution in [0.5, 0.6) is 17.2 Å². The van der Waals surface area contributed by atoms with Crippen LogP contribution in [0.25, 0.3) is 31.7 Å². The largest absolute Gasteiger partial charge is 0.544 e. The third kappa shape index (κ3) is 7.29. The van der Waals surface area contributed by atoms with Gasteiger partial charge >= 0.3 is 5.51 Å². The molecule has 0 atom stereocenters. The monoisotopic (exact) mass is 719 g/mol. The zero-order valence-corrected chi connectivity index (χ0v) is 30.2. The summed E-state index contributed by atoms with van der Waals surface area (Å²) in [5.41, 5.74) is -3.87. The van der Waals surface area contributed by atoms with E-state index in [0.717, 1.165) is 49.9 Å². The SMILES string of the molecule is CC(C)(C)[Si](C)(C)Oc1ccc(-c2sc3cc(S(=O)(=O)C(F)(F)F)cc(O)c3c2-c2cc(OCCN3CCCCC3)ccc2C=O)cc1. The van der Waals surface area contributed by atoms with Crippen LogP contribution < -0.4 is 9.16 Å². The van der Waals surface area contributed by atoms with E-state index in [4.69, 9.17) is 9.16 Å². The van der Waals surface area contributed by atoms with Gasteiger partial charge in [-0.3, -0.25) is 9.69 Å². The Labute approximate surface area is 284 Å². The van der Waals surface area contributed by atoms with E-state index < -0.39 is 34.3 Å². The Morgan fingerprint density at radius 3 is 2.21 bits per heavy atom. The van der Waals surface area contributed by atoms with Crippen molar-refractivity contribution in [3.8, 4) is 38.8 Å². The molecule has 0 unspecified atom stereocenters. The number of carbonyl (C=O) groups is 1. The first-order chi connectivity index (χ1) is 22.4. The van der Waals surface area contributed by atoms with Gasteiger partial charge in [0.2, 0.25) is 8.32 Å². The van der Waals surface area contributed by atoms with Gasteiger partial charge in [0.15, 0.2) is 6.29 Å². The zero-order valence-electron chi connectivity index (χ0n) is 27.6. The number of aldehydes is 1. The number of phenols is 1. The van der Waals surface area contributed by atoms with Gasteiger partial charge in [-0.1, -0.05) is 27.2 Å². The lowest BCUT2D eigenvalue weighted by atomic mass is 9.94. The topological polar surface area (TPSA) is 93.1 Å². The van der Waals surface area contributed by atoms with E-state index in [9.17, 15) is 31.5 Å². The van der Waals surface area contributed by atoms with E-state index >= 15 is 0 Å². The molecule has 258 valence electrons. The molecule has 13 heteroatoms. The Bertz CT molecular complexity index is 1910. The molecule has 1 aliphatic rings. The number of hydrogen-bond donors (Lipinski definition) is 1. The van der Waals surface area contributed by atoms with Crippen molar-refractivity contribution >= 4 is 45.9 Å². The molecule has 1 aliphatic heterocycles. The van der Waals surface area contributed by atoms with Crippen molar-refractivity contribution in [3.05, 3.63) is 60.2 Å². The first kappa shape index (κ1) is 35.9. The molecule has 1 saturated heterocycles. The van der Waals surface area contributed by atoms with Crippen molar-refractivity contribution in [2.75, 3.05) is 26.2 Å². The Balaban J connectivity index is 1.64. The van der Waals surface area contributed by atoms with Crippen LogP contribution in [-0.4, -0.2) is 64.8 Å². The molecule has 1 aromatic heterocycles. The first-order valence-corrected chi connectivity index (χ1v) is 21.0. The third-order valence-corrected chi connectivity index (χ3v) is 16.2. The second kappa shape index (κ2) is 13.5. The van der Waals surface area contributed by atoms with Crippen LogP contribution in [0.3, 0.4) is 0 Å². The van der Waals surface area contributed by atoms with Crippen LogP contribution in [0.4, 0.5) is 13.2 Å². The summed E-state index contributed by atoms with van der Waals surface area (Å²) in [6.07, 6.45) is 4.17. The predicted molar refractivity (Wildman–Crippen MR) is 187 cm³/mol. The molecule has 2 heterocycles. The molecule has 1 fully saturated rings. The van der Waals surface area contributed by atoms with Gasteiger partial charge in [0.25, 0.3) is 9.84 Å². The summed E-state index contributed by atoms with van der Waals surface area (Å²) >= 11 is 1.02. The molecule has 5 rings (SSSR count). The smallest absolute Gasteiger partial charge is 0.501 e. The Hall–Kier alpha value is -3.39. The van der Waals surface area contributed by atoms with Gasteiger partial charge in [-0.05, 0) is 110 Å². The van der Waals surface area contributed by atoms with Crippen molar-refractivity contribution in [2.24, 2.45) is 0 Å². The summed E-state index contributed by atoms with van der Waals surface area (Å²) in [5, 5.41) is 11.3. The van der Waals surface area contributed by atoms with Crippen LogP contribution >= 0.6 is 11.3 Å². The number of nitrogens with zero attached hydrogens (tertiary/aromatic N) is 1. The van der Waals surface area contributed by atoms with Crippen molar-refractivity contribution in [1.29, 1.82) is 0 Å². The zero-order chi connectivity index (χ0) is 35.1. The number of aromatic hydroxyl groups is 1. The minimum atomic E-state index is -5.74. The molecule has 7 nitrogen and oxygen atoms in total. The third-order valence-electron chi connectivity index (χ3n) is 9.20. The number of phenolic OH excluding ortho intramolecular Hbond substituents is 1. The minimum Gasteiger partial charge on any atom is -0.544 e. The van der Waals surface area contributed by atoms with Gasteiger partial charge in [-0.25, -0.2) is 8.42 Å². The van der Waals surface area contributed by atoms with E-state index in [1.807, 2.05) is 12.1 Å². The van der Waals surface area contributed by atoms with Crippen molar-refractivity contribution in [2.45, 2.75) is 68.6 Å². The summed E-state index contributed by atoms with van der Waals surface area (Å²) in [7, 11) is -7.90. The summed E-state index contributed by atoms with van der Waals surface area (Å²) < 4.78 is 77.9. The molecule has 0 aliphatic carbocycles. The second-order valence-corrected chi connectivity index (χ2v) is 21.3. The minimum absolute atomic E-state index is 0.0393. The van der Waals surface area contributed by atoms with Crippen LogP contribution in [0.1, 0.15) is 50.4 Å². The number of likely N-dealkylation sites (tertiary alicyclic amines) is 1. The standard InChI is InChI=1S/C35H40F3NO6S2Si/c1-34(2,3)48(4,5)45-25-12-9-23(10-13-25)33-31(32-29(41)20-27(21-30(32)46-33)47(42,43)35(36,37)38)28-19-26(14-11-24(28)22-40)44-18-17-39-15-7-6-8-16-39/h9-14,19-22,41H,6-8,15-18H2,1-5H3. The molecule has 3 aromatic carbocycles. The number of thiophene rings is 1. The normalized spacial score (nSPS) is 15.1. The number of piperidine rings is 1. The number of halogens is 3. The molecule has 0 amide bonds. The summed E-state index contributed by atoms with van der Waals surface area (Å²) in [6, 6.07) is 13.7. The number of fused-ring (bicyclic) bond motifs is 1. The Morgan fingerprint density at radius 2 is 1.60 bits per heavy atom. The van der Waals surface area contributed by atoms with Crippen molar-refractivity contribution < 1.29 is 40.7 Å². The van der Waals surface area contributed by atoms with Crippen LogP contribution in [-0.2, 0) is 9.84 Å². The summed E-state index contributed by atoms with van der Waals surface area (Å²) in [5.74, 6) is 0.484. The molecular formula is C35H40F3NO6S2Si. The quantitative estimate of drug-likeness (QED) is 0.129. The van der Waals surface area contributed by atoms with Gasteiger partial charge in [-0.15, -0.1) is 11.3 Å². The average molecular weight is 720 g/mol. The highest BCUT2D eigenvalue weighted by molar-refractivity contribution is 7.92. The van der Waals surface area contributed by atoms with Crippen molar-refractivity contribution in [3.63, 3.8) is 0 Å². The van der Waals surface area contributed by atoms with E-state index in [0.29, 0.717) is 52.0 Å². The van der Waals surface area contributed by atoms with Crippen LogP contribution in [0.2, 0.25) is 18.1 Å². The average Bonchev–Trinajstić information content (AvgIpc) is 3.41. The first-order valence-electron chi connectivity index (χ1n) is 15.8. The Morgan fingerprint density at radius 1 is 0.958 bits per heavy atom. The molecule has 0 spiro atoms. The van der Waals surface area contributed by atoms with E-state index in [1.165, 1.54) is 6.42 Å². The second-order valence-electron chi connectivity index (χ2n) is 13.6. The number of hydrogen-bond acceptors (Lipinski definition) is 8. The van der Waals surface area contributed by atoms with E-state index in [1.54, 1.807) is 30.3 Å².